The number of rotatable bonds is 7. The number of ether oxygens (including phenoxy) is 2. The summed E-state index contributed by atoms with van der Waals surface area (Å²) in [5.74, 6) is 0.432. The first-order valence-corrected chi connectivity index (χ1v) is 7.81. The van der Waals surface area contributed by atoms with Gasteiger partial charge in [-0.25, -0.2) is 0 Å². The summed E-state index contributed by atoms with van der Waals surface area (Å²) in [6, 6.07) is 14.5. The highest BCUT2D eigenvalue weighted by molar-refractivity contribution is 6.30. The second kappa shape index (κ2) is 8.56. The molecule has 5 heteroatoms. The molecule has 23 heavy (non-hydrogen) atoms. The van der Waals surface area contributed by atoms with Crippen LogP contribution >= 0.6 is 11.6 Å². The monoisotopic (exact) mass is 333 g/mol. The maximum absolute atomic E-state index is 12.4. The lowest BCUT2D eigenvalue weighted by Gasteiger charge is -2.17. The number of methoxy groups -OCH3 is 1. The van der Waals surface area contributed by atoms with Crippen molar-refractivity contribution in [2.45, 2.75) is 26.1 Å². The summed E-state index contributed by atoms with van der Waals surface area (Å²) in [4.78, 5) is 12.4. The van der Waals surface area contributed by atoms with Crippen molar-refractivity contribution in [2.24, 2.45) is 0 Å². The number of halogens is 1. The number of hydrogen-bond donors (Lipinski definition) is 1. The molecular weight excluding hydrogens is 314 g/mol. The zero-order valence-corrected chi connectivity index (χ0v) is 14.0. The molecule has 0 radical (unpaired) electrons. The van der Waals surface area contributed by atoms with Crippen molar-refractivity contribution >= 4 is 23.2 Å². The molecule has 2 aromatic rings. The molecule has 0 fully saturated rings. The van der Waals surface area contributed by atoms with E-state index in [1.807, 2.05) is 31.2 Å². The Morgan fingerprint density at radius 1 is 1.22 bits per heavy atom. The predicted octanol–water partition coefficient (Wildman–Crippen LogP) is 4.28. The van der Waals surface area contributed by atoms with E-state index in [1.54, 1.807) is 31.4 Å². The van der Waals surface area contributed by atoms with Crippen LogP contribution in [0.3, 0.4) is 0 Å². The largest absolute Gasteiger partial charge is 0.481 e. The van der Waals surface area contributed by atoms with E-state index in [1.165, 1.54) is 0 Å². The van der Waals surface area contributed by atoms with E-state index in [0.717, 1.165) is 11.3 Å². The molecule has 0 spiro atoms. The third kappa shape index (κ3) is 5.27. The van der Waals surface area contributed by atoms with E-state index in [-0.39, 0.29) is 5.91 Å². The van der Waals surface area contributed by atoms with E-state index >= 15 is 0 Å². The maximum atomic E-state index is 12.4. The molecule has 0 aliphatic carbocycles. The van der Waals surface area contributed by atoms with Crippen molar-refractivity contribution < 1.29 is 14.3 Å². The fourth-order valence-corrected chi connectivity index (χ4v) is 2.25. The van der Waals surface area contributed by atoms with Crippen LogP contribution in [-0.4, -0.2) is 19.1 Å². The average molecular weight is 334 g/mol. The Bertz CT molecular complexity index is 643. The lowest BCUT2D eigenvalue weighted by molar-refractivity contribution is -0.122. The minimum atomic E-state index is -0.567. The highest BCUT2D eigenvalue weighted by atomic mass is 35.5. The Hall–Kier alpha value is -2.04. The third-order valence-corrected chi connectivity index (χ3v) is 3.51. The van der Waals surface area contributed by atoms with Crippen molar-refractivity contribution in [1.82, 2.24) is 0 Å². The molecule has 0 aromatic heterocycles. The quantitative estimate of drug-likeness (QED) is 0.822. The smallest absolute Gasteiger partial charge is 0.265 e. The fourth-order valence-electron chi connectivity index (χ4n) is 2.13. The van der Waals surface area contributed by atoms with Crippen LogP contribution in [0.5, 0.6) is 5.75 Å². The average Bonchev–Trinajstić information content (AvgIpc) is 2.55. The summed E-state index contributed by atoms with van der Waals surface area (Å²) < 4.78 is 10.8. The van der Waals surface area contributed by atoms with Crippen LogP contribution in [0.4, 0.5) is 5.69 Å². The molecule has 4 nitrogen and oxygen atoms in total. The van der Waals surface area contributed by atoms with Gasteiger partial charge in [0.15, 0.2) is 6.10 Å². The van der Waals surface area contributed by atoms with Crippen molar-refractivity contribution in [3.63, 3.8) is 0 Å². The van der Waals surface area contributed by atoms with Crippen molar-refractivity contribution in [1.29, 1.82) is 0 Å². The van der Waals surface area contributed by atoms with Gasteiger partial charge in [-0.1, -0.05) is 30.7 Å². The van der Waals surface area contributed by atoms with Crippen molar-refractivity contribution in [2.75, 3.05) is 12.4 Å². The number of carbonyl (C=O) groups is 1. The van der Waals surface area contributed by atoms with E-state index in [2.05, 4.69) is 5.32 Å². The van der Waals surface area contributed by atoms with Gasteiger partial charge in [0.05, 0.1) is 6.61 Å². The minimum absolute atomic E-state index is 0.183. The second-order valence-corrected chi connectivity index (χ2v) is 5.53. The van der Waals surface area contributed by atoms with Crippen LogP contribution < -0.4 is 10.1 Å². The van der Waals surface area contributed by atoms with Gasteiger partial charge < -0.3 is 14.8 Å². The first-order chi connectivity index (χ1) is 11.1. The lowest BCUT2D eigenvalue weighted by atomic mass is 10.2. The van der Waals surface area contributed by atoms with Gasteiger partial charge in [-0.15, -0.1) is 0 Å². The van der Waals surface area contributed by atoms with Crippen LogP contribution in [0, 0.1) is 0 Å². The van der Waals surface area contributed by atoms with Crippen molar-refractivity contribution in [3.05, 3.63) is 59.1 Å². The van der Waals surface area contributed by atoms with Crippen molar-refractivity contribution in [3.8, 4) is 5.75 Å². The Morgan fingerprint density at radius 3 is 2.61 bits per heavy atom. The molecule has 0 bridgehead atoms. The zero-order valence-electron chi connectivity index (χ0n) is 13.2. The van der Waals surface area contributed by atoms with Crippen LogP contribution in [-0.2, 0) is 16.1 Å². The number of benzene rings is 2. The predicted molar refractivity (Wildman–Crippen MR) is 91.9 cm³/mol. The second-order valence-electron chi connectivity index (χ2n) is 5.09. The van der Waals surface area contributed by atoms with E-state index in [9.17, 15) is 4.79 Å². The number of hydrogen-bond acceptors (Lipinski definition) is 3. The molecule has 1 N–H and O–H groups in total. The number of carbonyl (C=O) groups excluding carboxylic acids is 1. The first kappa shape index (κ1) is 17.3. The van der Waals surface area contributed by atoms with Crippen LogP contribution in [0.25, 0.3) is 0 Å². The van der Waals surface area contributed by atoms with E-state index in [4.69, 9.17) is 21.1 Å². The lowest BCUT2D eigenvalue weighted by Crippen LogP contribution is -2.32. The zero-order chi connectivity index (χ0) is 16.7. The Kier molecular flexibility index (Phi) is 6.44. The summed E-state index contributed by atoms with van der Waals surface area (Å²) in [6.07, 6.45) is -0.00563. The Balaban J connectivity index is 2.02. The fraction of sp³-hybridized carbons (Fsp3) is 0.278. The molecule has 1 atom stereocenters. The van der Waals surface area contributed by atoms with Gasteiger partial charge in [0.2, 0.25) is 0 Å². The number of nitrogens with one attached hydrogen (secondary N) is 1. The molecule has 0 aliphatic heterocycles. The number of anilines is 1. The topological polar surface area (TPSA) is 47.6 Å². The standard InChI is InChI=1S/C18H20ClNO3/c1-3-17(23-16-9-7-14(19)8-10-16)18(21)20-15-6-4-5-13(11-15)12-22-2/h4-11,17H,3,12H2,1-2H3,(H,20,21). The molecule has 1 unspecified atom stereocenters. The normalized spacial score (nSPS) is 11.8. The minimum Gasteiger partial charge on any atom is -0.481 e. The number of amides is 1. The van der Waals surface area contributed by atoms with Gasteiger partial charge in [-0.05, 0) is 48.4 Å². The summed E-state index contributed by atoms with van der Waals surface area (Å²) in [7, 11) is 1.64. The SMILES string of the molecule is CCC(Oc1ccc(Cl)cc1)C(=O)Nc1cccc(COC)c1. The highest BCUT2D eigenvalue weighted by Gasteiger charge is 2.18. The van der Waals surface area contributed by atoms with Crippen LogP contribution in [0.15, 0.2) is 48.5 Å². The molecule has 0 heterocycles. The van der Waals surface area contributed by atoms with Gasteiger partial charge in [0.1, 0.15) is 5.75 Å². The maximum Gasteiger partial charge on any atom is 0.265 e. The molecule has 0 saturated heterocycles. The summed E-state index contributed by atoms with van der Waals surface area (Å²) in [5.41, 5.74) is 1.72. The molecule has 1 amide bonds. The van der Waals surface area contributed by atoms with Gasteiger partial charge in [-0.3, -0.25) is 4.79 Å². The molecule has 2 rings (SSSR count). The van der Waals surface area contributed by atoms with E-state index in [0.29, 0.717) is 23.8 Å². The molecule has 2 aromatic carbocycles. The molecule has 0 aliphatic rings. The Morgan fingerprint density at radius 2 is 1.96 bits per heavy atom. The molecule has 0 saturated carbocycles. The summed E-state index contributed by atoms with van der Waals surface area (Å²) >= 11 is 5.85. The molecule has 122 valence electrons. The van der Waals surface area contributed by atoms with Gasteiger partial charge in [0, 0.05) is 17.8 Å². The van der Waals surface area contributed by atoms with Crippen LogP contribution in [0.1, 0.15) is 18.9 Å². The highest BCUT2D eigenvalue weighted by Crippen LogP contribution is 2.19. The van der Waals surface area contributed by atoms with E-state index < -0.39 is 6.10 Å². The summed E-state index contributed by atoms with van der Waals surface area (Å²) in [6.45, 7) is 2.41. The first-order valence-electron chi connectivity index (χ1n) is 7.43. The Labute approximate surface area is 141 Å². The van der Waals surface area contributed by atoms with Crippen LogP contribution in [0.2, 0.25) is 5.02 Å². The molecular formula is C18H20ClNO3. The summed E-state index contributed by atoms with van der Waals surface area (Å²) in [5, 5.41) is 3.51. The van der Waals surface area contributed by atoms with Gasteiger partial charge in [0.25, 0.3) is 5.91 Å². The van der Waals surface area contributed by atoms with Gasteiger partial charge in [-0.2, -0.15) is 0 Å². The third-order valence-electron chi connectivity index (χ3n) is 3.26. The van der Waals surface area contributed by atoms with Gasteiger partial charge >= 0.3 is 0 Å².